The first-order chi connectivity index (χ1) is 9.13. The lowest BCUT2D eigenvalue weighted by Crippen LogP contribution is -2.13. The molecule has 1 aliphatic rings. The monoisotopic (exact) mass is 258 g/mol. The summed E-state index contributed by atoms with van der Waals surface area (Å²) in [5.74, 6) is -0.729. The van der Waals surface area contributed by atoms with E-state index in [-0.39, 0.29) is 17.9 Å². The molecule has 0 fully saturated rings. The van der Waals surface area contributed by atoms with E-state index in [2.05, 4.69) is 9.98 Å². The molecule has 0 spiro atoms. The standard InChI is InChI=1S/C14H14N2O3/c1-3-19-14(18)12-9(2)16-11(13(12)17)8-10-6-4-5-7-15-10/h4-8,17H,3H2,1-2H3/b11-8+. The molecule has 1 aromatic heterocycles. The molecule has 0 aromatic carbocycles. The Morgan fingerprint density at radius 1 is 1.47 bits per heavy atom. The minimum atomic E-state index is -0.564. The molecule has 1 N–H and O–H groups in total. The van der Waals surface area contributed by atoms with E-state index in [0.717, 1.165) is 0 Å². The fourth-order valence-corrected chi connectivity index (χ4v) is 1.74. The van der Waals surface area contributed by atoms with Gasteiger partial charge >= 0.3 is 5.97 Å². The van der Waals surface area contributed by atoms with E-state index in [9.17, 15) is 9.90 Å². The number of hydrogen-bond acceptors (Lipinski definition) is 5. The van der Waals surface area contributed by atoms with Gasteiger partial charge in [-0.05, 0) is 32.1 Å². The van der Waals surface area contributed by atoms with Crippen LogP contribution in [-0.2, 0) is 9.53 Å². The quantitative estimate of drug-likeness (QED) is 0.844. The van der Waals surface area contributed by atoms with Crippen molar-refractivity contribution in [3.8, 4) is 0 Å². The van der Waals surface area contributed by atoms with E-state index in [0.29, 0.717) is 17.1 Å². The number of nitrogens with zero attached hydrogens (tertiary/aromatic N) is 2. The predicted octanol–water partition coefficient (Wildman–Crippen LogP) is 2.27. The summed E-state index contributed by atoms with van der Waals surface area (Å²) >= 11 is 0. The summed E-state index contributed by atoms with van der Waals surface area (Å²) in [4.78, 5) is 20.0. The fourth-order valence-electron chi connectivity index (χ4n) is 1.74. The van der Waals surface area contributed by atoms with E-state index < -0.39 is 5.97 Å². The average molecular weight is 258 g/mol. The van der Waals surface area contributed by atoms with E-state index in [1.54, 1.807) is 38.3 Å². The van der Waals surface area contributed by atoms with Gasteiger partial charge in [-0.3, -0.25) is 4.98 Å². The first-order valence-electron chi connectivity index (χ1n) is 5.92. The Balaban J connectivity index is 2.36. The van der Waals surface area contributed by atoms with Gasteiger partial charge in [0.2, 0.25) is 0 Å². The van der Waals surface area contributed by atoms with Crippen molar-refractivity contribution in [2.45, 2.75) is 13.8 Å². The molecule has 2 rings (SSSR count). The van der Waals surface area contributed by atoms with Gasteiger partial charge in [-0.2, -0.15) is 0 Å². The number of aliphatic imine (C=N–C) groups is 1. The zero-order valence-electron chi connectivity index (χ0n) is 10.8. The number of rotatable bonds is 3. The Morgan fingerprint density at radius 3 is 2.89 bits per heavy atom. The second kappa shape index (κ2) is 5.48. The second-order valence-corrected chi connectivity index (χ2v) is 3.93. The van der Waals surface area contributed by atoms with Gasteiger partial charge in [-0.1, -0.05) is 6.07 Å². The smallest absolute Gasteiger partial charge is 0.343 e. The molecular weight excluding hydrogens is 244 g/mol. The largest absolute Gasteiger partial charge is 0.505 e. The van der Waals surface area contributed by atoms with Crippen LogP contribution in [-0.4, -0.2) is 28.4 Å². The number of hydrogen-bond donors (Lipinski definition) is 1. The van der Waals surface area contributed by atoms with Crippen LogP contribution in [0.2, 0.25) is 0 Å². The zero-order chi connectivity index (χ0) is 13.8. The summed E-state index contributed by atoms with van der Waals surface area (Å²) in [5, 5.41) is 10.0. The molecule has 0 bridgehead atoms. The average Bonchev–Trinajstić information content (AvgIpc) is 2.66. The number of ether oxygens (including phenoxy) is 1. The number of aliphatic hydroxyl groups excluding tert-OH is 1. The molecule has 0 atom stereocenters. The molecule has 0 saturated carbocycles. The predicted molar refractivity (Wildman–Crippen MR) is 71.6 cm³/mol. The highest BCUT2D eigenvalue weighted by Crippen LogP contribution is 2.25. The number of pyridine rings is 1. The topological polar surface area (TPSA) is 71.8 Å². The fraction of sp³-hybridized carbons (Fsp3) is 0.214. The minimum absolute atomic E-state index is 0.115. The third-order valence-electron chi connectivity index (χ3n) is 2.58. The maximum Gasteiger partial charge on any atom is 0.343 e. The molecule has 0 saturated heterocycles. The SMILES string of the molecule is CCOC(=O)C1=C(O)/C(=C\c2ccccn2)N=C1C. The Labute approximate surface area is 111 Å². The molecule has 98 valence electrons. The lowest BCUT2D eigenvalue weighted by molar-refractivity contribution is -0.138. The summed E-state index contributed by atoms with van der Waals surface area (Å²) in [7, 11) is 0. The summed E-state index contributed by atoms with van der Waals surface area (Å²) in [6, 6.07) is 5.41. The van der Waals surface area contributed by atoms with Gasteiger partial charge in [-0.25, -0.2) is 9.79 Å². The third-order valence-corrected chi connectivity index (χ3v) is 2.58. The van der Waals surface area contributed by atoms with Gasteiger partial charge in [0.1, 0.15) is 11.3 Å². The van der Waals surface area contributed by atoms with E-state index in [1.165, 1.54) is 0 Å². The molecule has 0 amide bonds. The number of esters is 1. The van der Waals surface area contributed by atoms with Crippen LogP contribution < -0.4 is 0 Å². The van der Waals surface area contributed by atoms with Crippen LogP contribution in [0.3, 0.4) is 0 Å². The highest BCUT2D eigenvalue weighted by Gasteiger charge is 2.27. The van der Waals surface area contributed by atoms with E-state index >= 15 is 0 Å². The molecule has 5 heteroatoms. The van der Waals surface area contributed by atoms with Crippen molar-refractivity contribution in [3.05, 3.63) is 47.1 Å². The molecule has 2 heterocycles. The Hall–Kier alpha value is -2.43. The van der Waals surface area contributed by atoms with E-state index in [1.807, 2.05) is 6.07 Å². The molecule has 5 nitrogen and oxygen atoms in total. The third kappa shape index (κ3) is 2.70. The van der Waals surface area contributed by atoms with Crippen molar-refractivity contribution >= 4 is 17.8 Å². The lowest BCUT2D eigenvalue weighted by Gasteiger charge is -2.02. The summed E-state index contributed by atoms with van der Waals surface area (Å²) in [6.45, 7) is 3.62. The van der Waals surface area contributed by atoms with Crippen molar-refractivity contribution in [1.82, 2.24) is 4.98 Å². The number of aliphatic hydroxyl groups is 1. The van der Waals surface area contributed by atoms with Crippen LogP contribution in [0.15, 0.2) is 46.4 Å². The maximum absolute atomic E-state index is 11.7. The minimum Gasteiger partial charge on any atom is -0.505 e. The summed E-state index contributed by atoms with van der Waals surface area (Å²) in [5.41, 5.74) is 1.53. The van der Waals surface area contributed by atoms with Crippen molar-refractivity contribution < 1.29 is 14.6 Å². The Morgan fingerprint density at radius 2 is 2.26 bits per heavy atom. The van der Waals surface area contributed by atoms with Crippen LogP contribution in [0.4, 0.5) is 0 Å². The van der Waals surface area contributed by atoms with Crippen molar-refractivity contribution in [2.24, 2.45) is 4.99 Å². The molecule has 0 radical (unpaired) electrons. The number of aromatic nitrogens is 1. The second-order valence-electron chi connectivity index (χ2n) is 3.93. The zero-order valence-corrected chi connectivity index (χ0v) is 10.8. The van der Waals surface area contributed by atoms with Gasteiger partial charge in [0, 0.05) is 6.20 Å². The van der Waals surface area contributed by atoms with Gasteiger partial charge in [0.15, 0.2) is 5.76 Å². The van der Waals surface area contributed by atoms with E-state index in [4.69, 9.17) is 4.74 Å². The molecule has 1 aromatic rings. The molecule has 0 unspecified atom stereocenters. The Bertz CT molecular complexity index is 586. The van der Waals surface area contributed by atoms with Crippen LogP contribution in [0.1, 0.15) is 19.5 Å². The molecule has 19 heavy (non-hydrogen) atoms. The van der Waals surface area contributed by atoms with Crippen molar-refractivity contribution in [2.75, 3.05) is 6.61 Å². The Kier molecular flexibility index (Phi) is 3.75. The first kappa shape index (κ1) is 13.0. The molecule has 0 aliphatic carbocycles. The first-order valence-corrected chi connectivity index (χ1v) is 5.92. The highest BCUT2D eigenvalue weighted by atomic mass is 16.5. The van der Waals surface area contributed by atoms with Gasteiger partial charge < -0.3 is 9.84 Å². The normalized spacial score (nSPS) is 16.7. The van der Waals surface area contributed by atoms with Gasteiger partial charge in [0.25, 0.3) is 0 Å². The van der Waals surface area contributed by atoms with Crippen LogP contribution in [0.5, 0.6) is 0 Å². The van der Waals surface area contributed by atoms with Crippen LogP contribution in [0.25, 0.3) is 6.08 Å². The van der Waals surface area contributed by atoms with Crippen molar-refractivity contribution in [1.29, 1.82) is 0 Å². The van der Waals surface area contributed by atoms with Gasteiger partial charge in [0.05, 0.1) is 18.0 Å². The van der Waals surface area contributed by atoms with Crippen LogP contribution in [0, 0.1) is 0 Å². The summed E-state index contributed by atoms with van der Waals surface area (Å²) < 4.78 is 4.88. The van der Waals surface area contributed by atoms with Crippen molar-refractivity contribution in [3.63, 3.8) is 0 Å². The van der Waals surface area contributed by atoms with Gasteiger partial charge in [-0.15, -0.1) is 0 Å². The molecular formula is C14H14N2O3. The lowest BCUT2D eigenvalue weighted by atomic mass is 10.1. The summed E-state index contributed by atoms with van der Waals surface area (Å²) in [6.07, 6.45) is 3.26. The molecule has 1 aliphatic heterocycles. The highest BCUT2D eigenvalue weighted by molar-refractivity contribution is 6.22. The number of carbonyl (C=O) groups is 1. The van der Waals surface area contributed by atoms with Crippen LogP contribution >= 0.6 is 0 Å². The number of carbonyl (C=O) groups excluding carboxylic acids is 1. The maximum atomic E-state index is 11.7.